The van der Waals surface area contributed by atoms with Crippen molar-refractivity contribution in [1.82, 2.24) is 0 Å². The Labute approximate surface area is 86.0 Å². The summed E-state index contributed by atoms with van der Waals surface area (Å²) in [5.41, 5.74) is 0.677. The van der Waals surface area contributed by atoms with E-state index >= 15 is 0 Å². The lowest BCUT2D eigenvalue weighted by molar-refractivity contribution is -0.148. The van der Waals surface area contributed by atoms with Gasteiger partial charge in [-0.2, -0.15) is 0 Å². The normalized spacial score (nSPS) is 18.4. The van der Waals surface area contributed by atoms with E-state index in [4.69, 9.17) is 4.74 Å². The van der Waals surface area contributed by atoms with Crippen LogP contribution in [0.5, 0.6) is 5.75 Å². The predicted octanol–water partition coefficient (Wildman–Crippen LogP) is 1.17. The maximum atomic E-state index is 12.9. The summed E-state index contributed by atoms with van der Waals surface area (Å²) in [6, 6.07) is 4.13. The minimum absolute atomic E-state index is 0.325. The number of anilines is 1. The summed E-state index contributed by atoms with van der Waals surface area (Å²) in [6.45, 7) is 0.325. The zero-order valence-electron chi connectivity index (χ0n) is 8.12. The molecule has 1 atom stereocenters. The van der Waals surface area contributed by atoms with Crippen molar-refractivity contribution in [3.63, 3.8) is 0 Å². The van der Waals surface area contributed by atoms with Crippen LogP contribution in [0.25, 0.3) is 0 Å². The number of hydrogen-bond acceptors (Lipinski definition) is 4. The summed E-state index contributed by atoms with van der Waals surface area (Å²) >= 11 is 0. The molecule has 0 bridgehead atoms. The van der Waals surface area contributed by atoms with E-state index in [2.05, 4.69) is 10.1 Å². The van der Waals surface area contributed by atoms with Crippen molar-refractivity contribution in [2.24, 2.45) is 0 Å². The van der Waals surface area contributed by atoms with Crippen molar-refractivity contribution >= 4 is 11.7 Å². The smallest absolute Gasteiger partial charge is 0.348 e. The Morgan fingerprint density at radius 2 is 2.47 bits per heavy atom. The average molecular weight is 211 g/mol. The van der Waals surface area contributed by atoms with Crippen LogP contribution in [0.3, 0.4) is 0 Å². The van der Waals surface area contributed by atoms with Gasteiger partial charge in [-0.15, -0.1) is 0 Å². The summed E-state index contributed by atoms with van der Waals surface area (Å²) in [5.74, 6) is -0.546. The largest absolute Gasteiger partial charge is 0.475 e. The fraction of sp³-hybridized carbons (Fsp3) is 0.300. The molecular weight excluding hydrogens is 201 g/mol. The third kappa shape index (κ3) is 1.86. The molecule has 2 rings (SSSR count). The van der Waals surface area contributed by atoms with Gasteiger partial charge in [0.05, 0.1) is 19.3 Å². The Morgan fingerprint density at radius 3 is 3.20 bits per heavy atom. The standard InChI is InChI=1S/C10H10FNO3/c1-14-10(13)9-5-12-7-3-2-6(11)4-8(7)15-9/h2-4,9,12H,5H2,1H3/t9-/m1/s1. The van der Waals surface area contributed by atoms with Gasteiger partial charge in [-0.25, -0.2) is 9.18 Å². The van der Waals surface area contributed by atoms with Crippen molar-refractivity contribution < 1.29 is 18.7 Å². The molecule has 0 fully saturated rings. The number of carbonyl (C=O) groups excluding carboxylic acids is 1. The maximum absolute atomic E-state index is 12.9. The van der Waals surface area contributed by atoms with Crippen LogP contribution in [0.2, 0.25) is 0 Å². The summed E-state index contributed by atoms with van der Waals surface area (Å²) < 4.78 is 22.7. The lowest BCUT2D eigenvalue weighted by Crippen LogP contribution is -2.38. The van der Waals surface area contributed by atoms with Crippen LogP contribution in [-0.2, 0) is 9.53 Å². The molecule has 0 aromatic heterocycles. The number of halogens is 1. The SMILES string of the molecule is COC(=O)[C@H]1CNc2ccc(F)cc2O1. The number of fused-ring (bicyclic) bond motifs is 1. The van der Waals surface area contributed by atoms with E-state index in [1.54, 1.807) is 6.07 Å². The number of methoxy groups -OCH3 is 1. The van der Waals surface area contributed by atoms with Gasteiger partial charge in [0.15, 0.2) is 0 Å². The number of rotatable bonds is 1. The Balaban J connectivity index is 2.22. The summed E-state index contributed by atoms with van der Waals surface area (Å²) in [6.07, 6.45) is -0.718. The van der Waals surface area contributed by atoms with Gasteiger partial charge in [-0.05, 0) is 12.1 Å². The Hall–Kier alpha value is -1.78. The van der Waals surface area contributed by atoms with Crippen LogP contribution in [0.1, 0.15) is 0 Å². The molecule has 1 aliphatic heterocycles. The number of benzene rings is 1. The minimum Gasteiger partial charge on any atom is -0.475 e. The van der Waals surface area contributed by atoms with Crippen LogP contribution in [0.15, 0.2) is 18.2 Å². The topological polar surface area (TPSA) is 47.6 Å². The molecule has 0 unspecified atom stereocenters. The van der Waals surface area contributed by atoms with Crippen molar-refractivity contribution in [3.8, 4) is 5.75 Å². The highest BCUT2D eigenvalue weighted by atomic mass is 19.1. The van der Waals surface area contributed by atoms with Crippen molar-refractivity contribution in [1.29, 1.82) is 0 Å². The van der Waals surface area contributed by atoms with Gasteiger partial charge in [0.25, 0.3) is 0 Å². The van der Waals surface area contributed by atoms with E-state index in [9.17, 15) is 9.18 Å². The monoisotopic (exact) mass is 211 g/mol. The molecule has 1 heterocycles. The van der Waals surface area contributed by atoms with E-state index in [1.807, 2.05) is 0 Å². The molecule has 0 radical (unpaired) electrons. The van der Waals surface area contributed by atoms with E-state index in [1.165, 1.54) is 19.2 Å². The molecule has 5 heteroatoms. The number of hydrogen-bond donors (Lipinski definition) is 1. The average Bonchev–Trinajstić information content (AvgIpc) is 2.27. The fourth-order valence-corrected chi connectivity index (χ4v) is 1.40. The maximum Gasteiger partial charge on any atom is 0.348 e. The summed E-state index contributed by atoms with van der Waals surface area (Å²) in [7, 11) is 1.28. The number of nitrogens with one attached hydrogen (secondary N) is 1. The molecule has 0 aliphatic carbocycles. The van der Waals surface area contributed by atoms with E-state index in [0.717, 1.165) is 0 Å². The van der Waals surface area contributed by atoms with Crippen LogP contribution in [0.4, 0.5) is 10.1 Å². The highest BCUT2D eigenvalue weighted by Gasteiger charge is 2.26. The lowest BCUT2D eigenvalue weighted by atomic mass is 10.2. The number of esters is 1. The van der Waals surface area contributed by atoms with Gasteiger partial charge in [0, 0.05) is 6.07 Å². The third-order valence-corrected chi connectivity index (χ3v) is 2.15. The lowest BCUT2D eigenvalue weighted by Gasteiger charge is -2.25. The van der Waals surface area contributed by atoms with Crippen molar-refractivity contribution in [2.75, 3.05) is 19.0 Å². The van der Waals surface area contributed by atoms with Crippen molar-refractivity contribution in [2.45, 2.75) is 6.10 Å². The minimum atomic E-state index is -0.718. The van der Waals surface area contributed by atoms with Crippen molar-refractivity contribution in [3.05, 3.63) is 24.0 Å². The first-order valence-electron chi connectivity index (χ1n) is 4.48. The second-order valence-corrected chi connectivity index (χ2v) is 3.15. The molecule has 1 aliphatic rings. The third-order valence-electron chi connectivity index (χ3n) is 2.15. The first kappa shape index (κ1) is 9.76. The molecule has 0 saturated carbocycles. The highest BCUT2D eigenvalue weighted by molar-refractivity contribution is 5.77. The molecule has 1 aromatic rings. The van der Waals surface area contributed by atoms with E-state index in [-0.39, 0.29) is 0 Å². The number of ether oxygens (including phenoxy) is 2. The van der Waals surface area contributed by atoms with Gasteiger partial charge in [0.1, 0.15) is 11.6 Å². The van der Waals surface area contributed by atoms with E-state index in [0.29, 0.717) is 18.0 Å². The molecule has 1 aromatic carbocycles. The van der Waals surface area contributed by atoms with Crippen LogP contribution < -0.4 is 10.1 Å². The van der Waals surface area contributed by atoms with Gasteiger partial charge in [-0.3, -0.25) is 0 Å². The zero-order valence-corrected chi connectivity index (χ0v) is 8.12. The Bertz CT molecular complexity index is 394. The predicted molar refractivity (Wildman–Crippen MR) is 51.3 cm³/mol. The fourth-order valence-electron chi connectivity index (χ4n) is 1.40. The quantitative estimate of drug-likeness (QED) is 0.708. The van der Waals surface area contributed by atoms with Crippen LogP contribution in [-0.4, -0.2) is 25.7 Å². The first-order chi connectivity index (χ1) is 7.20. The molecule has 4 nitrogen and oxygen atoms in total. The molecule has 0 spiro atoms. The highest BCUT2D eigenvalue weighted by Crippen LogP contribution is 2.29. The number of carbonyl (C=O) groups is 1. The molecule has 15 heavy (non-hydrogen) atoms. The molecule has 80 valence electrons. The first-order valence-corrected chi connectivity index (χ1v) is 4.48. The second kappa shape index (κ2) is 3.76. The molecular formula is C10H10FNO3. The van der Waals surface area contributed by atoms with Gasteiger partial charge < -0.3 is 14.8 Å². The molecule has 0 amide bonds. The Morgan fingerprint density at radius 1 is 1.67 bits per heavy atom. The molecule has 0 saturated heterocycles. The second-order valence-electron chi connectivity index (χ2n) is 3.15. The van der Waals surface area contributed by atoms with Gasteiger partial charge in [0.2, 0.25) is 6.10 Å². The van der Waals surface area contributed by atoms with Gasteiger partial charge >= 0.3 is 5.97 Å². The van der Waals surface area contributed by atoms with Crippen LogP contribution in [0, 0.1) is 5.82 Å². The van der Waals surface area contributed by atoms with Crippen LogP contribution >= 0.6 is 0 Å². The zero-order chi connectivity index (χ0) is 10.8. The van der Waals surface area contributed by atoms with Gasteiger partial charge in [-0.1, -0.05) is 0 Å². The molecule has 1 N–H and O–H groups in total. The Kier molecular flexibility index (Phi) is 2.45. The summed E-state index contributed by atoms with van der Waals surface area (Å²) in [4.78, 5) is 11.2. The van der Waals surface area contributed by atoms with E-state index < -0.39 is 17.9 Å². The summed E-state index contributed by atoms with van der Waals surface area (Å²) in [5, 5.41) is 2.96.